The van der Waals surface area contributed by atoms with Gasteiger partial charge in [-0.25, -0.2) is 4.79 Å². The number of nitrogens with zero attached hydrogens (tertiary/aromatic N) is 2. The number of benzene rings is 2. The average molecular weight is 400 g/mol. The van der Waals surface area contributed by atoms with Gasteiger partial charge in [0.1, 0.15) is 6.61 Å². The summed E-state index contributed by atoms with van der Waals surface area (Å²) in [7, 11) is 0. The van der Waals surface area contributed by atoms with E-state index >= 15 is 0 Å². The third-order valence-electron chi connectivity index (χ3n) is 4.37. The molecule has 0 radical (unpaired) electrons. The Labute approximate surface area is 166 Å². The second-order valence-electron chi connectivity index (χ2n) is 6.31. The Morgan fingerprint density at radius 1 is 1.17 bits per heavy atom. The molecular weight excluding hydrogens is 380 g/mol. The molecule has 1 amide bonds. The largest absolute Gasteiger partial charge is 0.486 e. The van der Waals surface area contributed by atoms with Crippen LogP contribution in [0.15, 0.2) is 48.5 Å². The Bertz CT molecular complexity index is 898. The van der Waals surface area contributed by atoms with Gasteiger partial charge in [-0.2, -0.15) is 0 Å². The standard InChI is InChI=1S/C20H20N2O7/c1-2-21(11-16-12-27-17-5-3-4-6-18(17)29-16)19(23)13-28-20(24)14-7-9-15(10-8-14)22(25)26/h3-10,16H,2,11-13H2,1H3/t16-/m0/s1. The number of carbonyl (C=O) groups excluding carboxylic acids is 2. The molecule has 0 N–H and O–H groups in total. The number of non-ortho nitro benzene ring substituents is 1. The van der Waals surface area contributed by atoms with Gasteiger partial charge in [0.05, 0.1) is 17.0 Å². The number of ether oxygens (including phenoxy) is 3. The fourth-order valence-corrected chi connectivity index (χ4v) is 2.83. The maximum absolute atomic E-state index is 12.4. The molecule has 0 saturated heterocycles. The lowest BCUT2D eigenvalue weighted by molar-refractivity contribution is -0.384. The Balaban J connectivity index is 1.52. The van der Waals surface area contributed by atoms with Gasteiger partial charge in [-0.3, -0.25) is 14.9 Å². The van der Waals surface area contributed by atoms with Crippen LogP contribution in [0.25, 0.3) is 0 Å². The van der Waals surface area contributed by atoms with Gasteiger partial charge in [0.2, 0.25) is 0 Å². The molecule has 1 aliphatic heterocycles. The van der Waals surface area contributed by atoms with E-state index in [4.69, 9.17) is 14.2 Å². The third kappa shape index (κ3) is 5.01. The van der Waals surface area contributed by atoms with Crippen LogP contribution in [0, 0.1) is 10.1 Å². The van der Waals surface area contributed by atoms with E-state index in [1.165, 1.54) is 29.2 Å². The second kappa shape index (κ2) is 9.05. The van der Waals surface area contributed by atoms with Crippen molar-refractivity contribution >= 4 is 17.6 Å². The smallest absolute Gasteiger partial charge is 0.338 e. The summed E-state index contributed by atoms with van der Waals surface area (Å²) in [6.45, 7) is 2.39. The van der Waals surface area contributed by atoms with E-state index in [1.54, 1.807) is 6.07 Å². The number of para-hydroxylation sites is 2. The highest BCUT2D eigenvalue weighted by Crippen LogP contribution is 2.31. The molecule has 0 saturated carbocycles. The van der Waals surface area contributed by atoms with E-state index in [2.05, 4.69) is 0 Å². The maximum atomic E-state index is 12.4. The minimum absolute atomic E-state index is 0.132. The lowest BCUT2D eigenvalue weighted by atomic mass is 10.2. The van der Waals surface area contributed by atoms with E-state index in [9.17, 15) is 19.7 Å². The summed E-state index contributed by atoms with van der Waals surface area (Å²) < 4.78 is 16.6. The number of esters is 1. The van der Waals surface area contributed by atoms with Crippen LogP contribution in [0.4, 0.5) is 5.69 Å². The van der Waals surface area contributed by atoms with E-state index in [0.29, 0.717) is 31.2 Å². The van der Waals surface area contributed by atoms with Crippen molar-refractivity contribution in [2.45, 2.75) is 13.0 Å². The fourth-order valence-electron chi connectivity index (χ4n) is 2.83. The molecule has 9 heteroatoms. The zero-order valence-corrected chi connectivity index (χ0v) is 15.8. The number of hydrogen-bond donors (Lipinski definition) is 0. The van der Waals surface area contributed by atoms with Crippen LogP contribution < -0.4 is 9.47 Å². The van der Waals surface area contributed by atoms with Crippen LogP contribution in [0.5, 0.6) is 11.5 Å². The molecular formula is C20H20N2O7. The van der Waals surface area contributed by atoms with Crippen LogP contribution >= 0.6 is 0 Å². The topological polar surface area (TPSA) is 108 Å². The molecule has 1 heterocycles. The van der Waals surface area contributed by atoms with Gasteiger partial charge in [-0.1, -0.05) is 12.1 Å². The molecule has 0 aromatic heterocycles. The van der Waals surface area contributed by atoms with Crippen LogP contribution in [-0.2, 0) is 9.53 Å². The maximum Gasteiger partial charge on any atom is 0.338 e. The predicted molar refractivity (Wildman–Crippen MR) is 102 cm³/mol. The lowest BCUT2D eigenvalue weighted by Gasteiger charge is -2.30. The molecule has 2 aromatic carbocycles. The summed E-state index contributed by atoms with van der Waals surface area (Å²) >= 11 is 0. The van der Waals surface area contributed by atoms with E-state index < -0.39 is 17.5 Å². The van der Waals surface area contributed by atoms with Crippen molar-refractivity contribution in [1.82, 2.24) is 4.90 Å². The highest BCUT2D eigenvalue weighted by Gasteiger charge is 2.25. The fraction of sp³-hybridized carbons (Fsp3) is 0.300. The highest BCUT2D eigenvalue weighted by molar-refractivity contribution is 5.91. The molecule has 2 aromatic rings. The Morgan fingerprint density at radius 3 is 2.52 bits per heavy atom. The van der Waals surface area contributed by atoms with Crippen molar-refractivity contribution in [1.29, 1.82) is 0 Å². The number of amides is 1. The molecule has 1 aliphatic rings. The first-order valence-corrected chi connectivity index (χ1v) is 9.05. The van der Waals surface area contributed by atoms with E-state index in [0.717, 1.165) is 0 Å². The molecule has 0 aliphatic carbocycles. The van der Waals surface area contributed by atoms with Gasteiger partial charge in [0.15, 0.2) is 24.2 Å². The molecule has 0 spiro atoms. The molecule has 1 atom stereocenters. The Morgan fingerprint density at radius 2 is 1.86 bits per heavy atom. The Hall–Kier alpha value is -3.62. The highest BCUT2D eigenvalue weighted by atomic mass is 16.6. The first-order chi connectivity index (χ1) is 14.0. The van der Waals surface area contributed by atoms with Gasteiger partial charge in [-0.15, -0.1) is 0 Å². The van der Waals surface area contributed by atoms with Crippen LogP contribution in [0.1, 0.15) is 17.3 Å². The van der Waals surface area contributed by atoms with Gasteiger partial charge >= 0.3 is 5.97 Å². The number of likely N-dealkylation sites (N-methyl/N-ethyl adjacent to an activating group) is 1. The third-order valence-corrected chi connectivity index (χ3v) is 4.37. The summed E-state index contributed by atoms with van der Waals surface area (Å²) in [6, 6.07) is 12.3. The van der Waals surface area contributed by atoms with Crippen LogP contribution in [-0.4, -0.2) is 54.1 Å². The van der Waals surface area contributed by atoms with Crippen molar-refractivity contribution < 1.29 is 28.7 Å². The molecule has 9 nitrogen and oxygen atoms in total. The summed E-state index contributed by atoms with van der Waals surface area (Å²) in [5, 5.41) is 10.7. The first kappa shape index (κ1) is 20.1. The quantitative estimate of drug-likeness (QED) is 0.399. The monoisotopic (exact) mass is 400 g/mol. The summed E-state index contributed by atoms with van der Waals surface area (Å²) in [6.07, 6.45) is -0.334. The van der Waals surface area contributed by atoms with Crippen molar-refractivity contribution in [3.05, 3.63) is 64.2 Å². The lowest BCUT2D eigenvalue weighted by Crippen LogP contribution is -2.45. The summed E-state index contributed by atoms with van der Waals surface area (Å²) in [5.74, 6) is 0.188. The second-order valence-corrected chi connectivity index (χ2v) is 6.31. The SMILES string of the molecule is CCN(C[C@H]1COc2ccccc2O1)C(=O)COC(=O)c1ccc([N+](=O)[O-])cc1. The zero-order valence-electron chi connectivity index (χ0n) is 15.8. The number of carbonyl (C=O) groups is 2. The van der Waals surface area contributed by atoms with Gasteiger partial charge in [0.25, 0.3) is 11.6 Å². The minimum Gasteiger partial charge on any atom is -0.486 e. The van der Waals surface area contributed by atoms with Gasteiger partial charge < -0.3 is 19.1 Å². The molecule has 0 unspecified atom stereocenters. The summed E-state index contributed by atoms with van der Waals surface area (Å²) in [5.41, 5.74) is -0.00173. The molecule has 0 bridgehead atoms. The van der Waals surface area contributed by atoms with Crippen molar-refractivity contribution in [3.8, 4) is 11.5 Å². The zero-order chi connectivity index (χ0) is 20.8. The van der Waals surface area contributed by atoms with E-state index in [1.807, 2.05) is 25.1 Å². The number of fused-ring (bicyclic) bond motifs is 1. The minimum atomic E-state index is -0.726. The number of rotatable bonds is 7. The van der Waals surface area contributed by atoms with Gasteiger partial charge in [0, 0.05) is 18.7 Å². The first-order valence-electron chi connectivity index (χ1n) is 9.05. The van der Waals surface area contributed by atoms with Crippen LogP contribution in [0.3, 0.4) is 0 Å². The predicted octanol–water partition coefficient (Wildman–Crippen LogP) is 2.44. The molecule has 29 heavy (non-hydrogen) atoms. The van der Waals surface area contributed by atoms with Crippen molar-refractivity contribution in [3.63, 3.8) is 0 Å². The van der Waals surface area contributed by atoms with Crippen molar-refractivity contribution in [2.24, 2.45) is 0 Å². The molecule has 3 rings (SSSR count). The van der Waals surface area contributed by atoms with Crippen LogP contribution in [0.2, 0.25) is 0 Å². The van der Waals surface area contributed by atoms with Gasteiger partial charge in [-0.05, 0) is 31.2 Å². The van der Waals surface area contributed by atoms with E-state index in [-0.39, 0.29) is 23.3 Å². The van der Waals surface area contributed by atoms with Crippen molar-refractivity contribution in [2.75, 3.05) is 26.3 Å². The Kier molecular flexibility index (Phi) is 6.28. The summed E-state index contributed by atoms with van der Waals surface area (Å²) in [4.78, 5) is 36.1. The number of nitro groups is 1. The normalized spacial score (nSPS) is 14.7. The molecule has 0 fully saturated rings. The molecule has 152 valence electrons. The number of nitro benzene ring substituents is 1. The number of hydrogen-bond acceptors (Lipinski definition) is 7. The average Bonchev–Trinajstić information content (AvgIpc) is 2.75.